The first-order chi connectivity index (χ1) is 9.76. The number of alkyl halides is 1. The van der Waals surface area contributed by atoms with Crippen LogP contribution in [0.3, 0.4) is 0 Å². The van der Waals surface area contributed by atoms with Crippen LogP contribution >= 0.6 is 11.6 Å². The molecule has 2 aromatic rings. The number of ether oxygens (including phenoxy) is 2. The van der Waals surface area contributed by atoms with Crippen molar-refractivity contribution in [1.29, 1.82) is 0 Å². The van der Waals surface area contributed by atoms with Crippen LogP contribution in [0, 0.1) is 0 Å². The third-order valence-corrected chi connectivity index (χ3v) is 3.35. The van der Waals surface area contributed by atoms with Gasteiger partial charge in [-0.05, 0) is 47.0 Å². The van der Waals surface area contributed by atoms with Gasteiger partial charge in [-0.15, -0.1) is 11.6 Å². The molecule has 0 N–H and O–H groups in total. The van der Waals surface area contributed by atoms with E-state index in [1.807, 2.05) is 48.5 Å². The third-order valence-electron chi connectivity index (χ3n) is 3.06. The minimum Gasteiger partial charge on any atom is -0.497 e. The minimum absolute atomic E-state index is 0.457. The van der Waals surface area contributed by atoms with E-state index in [1.165, 1.54) is 0 Å². The quantitative estimate of drug-likeness (QED) is 0.596. The summed E-state index contributed by atoms with van der Waals surface area (Å²) in [6.07, 6.45) is 2.08. The molecule has 0 aromatic heterocycles. The average molecular weight is 289 g/mol. The lowest BCUT2D eigenvalue weighted by Crippen LogP contribution is -1.88. The van der Waals surface area contributed by atoms with Crippen molar-refractivity contribution in [3.63, 3.8) is 0 Å². The van der Waals surface area contributed by atoms with E-state index in [1.54, 1.807) is 14.2 Å². The fourth-order valence-electron chi connectivity index (χ4n) is 1.91. The first-order valence-corrected chi connectivity index (χ1v) is 6.85. The summed E-state index contributed by atoms with van der Waals surface area (Å²) < 4.78 is 10.3. The van der Waals surface area contributed by atoms with Crippen LogP contribution in [-0.2, 0) is 0 Å². The Kier molecular flexibility index (Phi) is 5.08. The molecule has 0 bridgehead atoms. The van der Waals surface area contributed by atoms with Crippen LogP contribution in [0.15, 0.2) is 48.5 Å². The molecule has 0 aliphatic carbocycles. The summed E-state index contributed by atoms with van der Waals surface area (Å²) in [7, 11) is 3.32. The Morgan fingerprint density at radius 2 is 1.40 bits per heavy atom. The lowest BCUT2D eigenvalue weighted by molar-refractivity contribution is 0.414. The third kappa shape index (κ3) is 3.55. The number of allylic oxidation sites excluding steroid dienone is 1. The number of halogens is 1. The lowest BCUT2D eigenvalue weighted by Gasteiger charge is -2.06. The molecule has 0 unspecified atom stereocenters. The minimum atomic E-state index is 0.457. The van der Waals surface area contributed by atoms with Gasteiger partial charge >= 0.3 is 0 Å². The van der Waals surface area contributed by atoms with Crippen LogP contribution in [-0.4, -0.2) is 20.1 Å². The van der Waals surface area contributed by atoms with Gasteiger partial charge in [0.2, 0.25) is 0 Å². The molecule has 0 radical (unpaired) electrons. The number of rotatable bonds is 5. The average Bonchev–Trinajstić information content (AvgIpc) is 2.53. The second-order valence-electron chi connectivity index (χ2n) is 4.30. The van der Waals surface area contributed by atoms with Crippen molar-refractivity contribution in [2.24, 2.45) is 0 Å². The molecule has 104 valence electrons. The van der Waals surface area contributed by atoms with Crippen molar-refractivity contribution in [1.82, 2.24) is 0 Å². The first-order valence-electron chi connectivity index (χ1n) is 6.32. The molecule has 0 spiro atoms. The van der Waals surface area contributed by atoms with Crippen molar-refractivity contribution in [2.75, 3.05) is 20.1 Å². The highest BCUT2D eigenvalue weighted by atomic mass is 35.5. The molecule has 0 aliphatic rings. The van der Waals surface area contributed by atoms with Crippen molar-refractivity contribution in [3.05, 3.63) is 59.7 Å². The highest BCUT2D eigenvalue weighted by Gasteiger charge is 2.02. The van der Waals surface area contributed by atoms with E-state index in [0.717, 1.165) is 28.2 Å². The van der Waals surface area contributed by atoms with E-state index < -0.39 is 0 Å². The van der Waals surface area contributed by atoms with Gasteiger partial charge in [0.25, 0.3) is 0 Å². The highest BCUT2D eigenvalue weighted by Crippen LogP contribution is 2.23. The Hall–Kier alpha value is -1.93. The van der Waals surface area contributed by atoms with Crippen LogP contribution in [0.2, 0.25) is 0 Å². The largest absolute Gasteiger partial charge is 0.497 e. The van der Waals surface area contributed by atoms with Gasteiger partial charge in [0.05, 0.1) is 14.2 Å². The molecule has 20 heavy (non-hydrogen) atoms. The predicted octanol–water partition coefficient (Wildman–Crippen LogP) is 4.48. The van der Waals surface area contributed by atoms with E-state index in [2.05, 4.69) is 6.08 Å². The molecular formula is C17H17ClO2. The second-order valence-corrected chi connectivity index (χ2v) is 4.57. The summed E-state index contributed by atoms with van der Waals surface area (Å²) in [5.41, 5.74) is 3.26. The normalized spacial score (nSPS) is 11.2. The zero-order chi connectivity index (χ0) is 14.4. The molecule has 2 nitrogen and oxygen atoms in total. The monoisotopic (exact) mass is 288 g/mol. The van der Waals surface area contributed by atoms with E-state index in [4.69, 9.17) is 21.1 Å². The standard InChI is InChI=1S/C17H17ClO2/c1-19-16-7-3-13(4-8-16)11-15(12-18)14-5-9-17(20-2)10-6-14/h3-11H,12H2,1-2H3. The van der Waals surface area contributed by atoms with Crippen molar-refractivity contribution < 1.29 is 9.47 Å². The van der Waals surface area contributed by atoms with E-state index in [9.17, 15) is 0 Å². The predicted molar refractivity (Wildman–Crippen MR) is 84.6 cm³/mol. The number of benzene rings is 2. The molecule has 0 fully saturated rings. The Morgan fingerprint density at radius 3 is 1.85 bits per heavy atom. The molecule has 0 aliphatic heterocycles. The van der Waals surface area contributed by atoms with E-state index >= 15 is 0 Å². The summed E-state index contributed by atoms with van der Waals surface area (Å²) in [6.45, 7) is 0. The SMILES string of the molecule is COc1ccc(C=C(CCl)c2ccc(OC)cc2)cc1. The summed E-state index contributed by atoms with van der Waals surface area (Å²) >= 11 is 6.06. The van der Waals surface area contributed by atoms with E-state index in [0.29, 0.717) is 5.88 Å². The molecule has 0 amide bonds. The first kappa shape index (κ1) is 14.5. The molecule has 0 saturated carbocycles. The van der Waals surface area contributed by atoms with Crippen LogP contribution in [0.5, 0.6) is 11.5 Å². The Balaban J connectivity index is 2.26. The Bertz CT molecular complexity index is 571. The number of hydrogen-bond acceptors (Lipinski definition) is 2. The molecule has 0 atom stereocenters. The van der Waals surface area contributed by atoms with Gasteiger partial charge in [-0.1, -0.05) is 24.3 Å². The molecular weight excluding hydrogens is 272 g/mol. The zero-order valence-corrected chi connectivity index (χ0v) is 12.4. The zero-order valence-electron chi connectivity index (χ0n) is 11.6. The van der Waals surface area contributed by atoms with Crippen LogP contribution in [0.1, 0.15) is 11.1 Å². The maximum absolute atomic E-state index is 6.06. The molecule has 3 heteroatoms. The van der Waals surface area contributed by atoms with Gasteiger partial charge in [0, 0.05) is 5.88 Å². The van der Waals surface area contributed by atoms with E-state index in [-0.39, 0.29) is 0 Å². The van der Waals surface area contributed by atoms with Gasteiger partial charge in [-0.25, -0.2) is 0 Å². The maximum Gasteiger partial charge on any atom is 0.118 e. The van der Waals surface area contributed by atoms with Crippen molar-refractivity contribution in [2.45, 2.75) is 0 Å². The van der Waals surface area contributed by atoms with Crippen LogP contribution in [0.4, 0.5) is 0 Å². The summed E-state index contributed by atoms with van der Waals surface area (Å²) in [5.74, 6) is 2.14. The lowest BCUT2D eigenvalue weighted by atomic mass is 10.0. The number of hydrogen-bond donors (Lipinski definition) is 0. The molecule has 0 saturated heterocycles. The summed E-state index contributed by atoms with van der Waals surface area (Å²) in [4.78, 5) is 0. The van der Waals surface area contributed by atoms with Crippen LogP contribution < -0.4 is 9.47 Å². The molecule has 2 rings (SSSR count). The van der Waals surface area contributed by atoms with Crippen LogP contribution in [0.25, 0.3) is 11.6 Å². The Morgan fingerprint density at radius 1 is 0.900 bits per heavy atom. The highest BCUT2D eigenvalue weighted by molar-refractivity contribution is 6.24. The van der Waals surface area contributed by atoms with Gasteiger partial charge in [-0.3, -0.25) is 0 Å². The fraction of sp³-hybridized carbons (Fsp3) is 0.176. The summed E-state index contributed by atoms with van der Waals surface area (Å²) in [6, 6.07) is 15.8. The van der Waals surface area contributed by atoms with Gasteiger partial charge in [-0.2, -0.15) is 0 Å². The maximum atomic E-state index is 6.06. The number of methoxy groups -OCH3 is 2. The summed E-state index contributed by atoms with van der Waals surface area (Å²) in [5, 5.41) is 0. The molecule has 0 heterocycles. The second kappa shape index (κ2) is 7.01. The van der Waals surface area contributed by atoms with Gasteiger partial charge < -0.3 is 9.47 Å². The van der Waals surface area contributed by atoms with Gasteiger partial charge in [0.1, 0.15) is 11.5 Å². The smallest absolute Gasteiger partial charge is 0.118 e. The van der Waals surface area contributed by atoms with Crippen molar-refractivity contribution in [3.8, 4) is 11.5 Å². The Labute approximate surface area is 124 Å². The molecule has 2 aromatic carbocycles. The fourth-order valence-corrected chi connectivity index (χ4v) is 2.14. The topological polar surface area (TPSA) is 18.5 Å². The van der Waals surface area contributed by atoms with Gasteiger partial charge in [0.15, 0.2) is 0 Å². The van der Waals surface area contributed by atoms with Crippen molar-refractivity contribution >= 4 is 23.3 Å².